The number of nitrogens with zero attached hydrogens (tertiary/aromatic N) is 1. The summed E-state index contributed by atoms with van der Waals surface area (Å²) in [4.78, 5) is 4.60. The Morgan fingerprint density at radius 1 is 1.32 bits per heavy atom. The maximum Gasteiger partial charge on any atom is 0.191 e. The SMILES string of the molecule is C=CCNC(=NCc1cccc(COC2CCOCC2)c1)NCC.I. The molecule has 0 aromatic heterocycles. The van der Waals surface area contributed by atoms with Gasteiger partial charge in [-0.25, -0.2) is 4.99 Å². The Balaban J connectivity index is 0.00000312. The van der Waals surface area contributed by atoms with Crippen molar-refractivity contribution in [3.05, 3.63) is 48.0 Å². The second-order valence-corrected chi connectivity index (χ2v) is 5.81. The molecule has 5 nitrogen and oxygen atoms in total. The topological polar surface area (TPSA) is 54.9 Å². The van der Waals surface area contributed by atoms with E-state index in [9.17, 15) is 0 Å². The zero-order chi connectivity index (χ0) is 17.0. The number of guanidine groups is 1. The molecule has 1 aromatic rings. The summed E-state index contributed by atoms with van der Waals surface area (Å²) >= 11 is 0. The largest absolute Gasteiger partial charge is 0.381 e. The van der Waals surface area contributed by atoms with Crippen molar-refractivity contribution < 1.29 is 9.47 Å². The molecule has 6 heteroatoms. The van der Waals surface area contributed by atoms with Crippen LogP contribution in [0.5, 0.6) is 0 Å². The second kappa shape index (κ2) is 13.1. The van der Waals surface area contributed by atoms with E-state index >= 15 is 0 Å². The van der Waals surface area contributed by atoms with E-state index in [-0.39, 0.29) is 24.0 Å². The van der Waals surface area contributed by atoms with E-state index in [1.165, 1.54) is 11.1 Å². The highest BCUT2D eigenvalue weighted by molar-refractivity contribution is 14.0. The van der Waals surface area contributed by atoms with Gasteiger partial charge < -0.3 is 20.1 Å². The van der Waals surface area contributed by atoms with Crippen molar-refractivity contribution in [2.45, 2.75) is 39.0 Å². The van der Waals surface area contributed by atoms with Gasteiger partial charge in [0.1, 0.15) is 0 Å². The average Bonchev–Trinajstić information content (AvgIpc) is 2.63. The van der Waals surface area contributed by atoms with Gasteiger partial charge in [0.15, 0.2) is 5.96 Å². The summed E-state index contributed by atoms with van der Waals surface area (Å²) in [6, 6.07) is 8.43. The monoisotopic (exact) mass is 459 g/mol. The van der Waals surface area contributed by atoms with Crippen molar-refractivity contribution in [1.29, 1.82) is 0 Å². The Morgan fingerprint density at radius 2 is 2.08 bits per heavy atom. The van der Waals surface area contributed by atoms with Crippen molar-refractivity contribution in [1.82, 2.24) is 10.6 Å². The maximum atomic E-state index is 5.99. The summed E-state index contributed by atoms with van der Waals surface area (Å²) in [5.74, 6) is 0.807. The first-order valence-corrected chi connectivity index (χ1v) is 8.72. The summed E-state index contributed by atoms with van der Waals surface area (Å²) in [5.41, 5.74) is 2.37. The first kappa shape index (κ1) is 21.9. The first-order chi connectivity index (χ1) is 11.8. The van der Waals surface area contributed by atoms with Crippen LogP contribution in [0.3, 0.4) is 0 Å². The normalized spacial score (nSPS) is 15.3. The number of aliphatic imine (C=N–C) groups is 1. The van der Waals surface area contributed by atoms with Gasteiger partial charge in [0.25, 0.3) is 0 Å². The van der Waals surface area contributed by atoms with Crippen LogP contribution in [0, 0.1) is 0 Å². The van der Waals surface area contributed by atoms with Gasteiger partial charge in [-0.2, -0.15) is 0 Å². The van der Waals surface area contributed by atoms with Crippen molar-refractivity contribution >= 4 is 29.9 Å². The number of ether oxygens (including phenoxy) is 2. The lowest BCUT2D eigenvalue weighted by Crippen LogP contribution is -2.37. The minimum Gasteiger partial charge on any atom is -0.381 e. The molecule has 1 aromatic carbocycles. The van der Waals surface area contributed by atoms with Crippen LogP contribution in [0.4, 0.5) is 0 Å². The zero-order valence-corrected chi connectivity index (χ0v) is 17.3. The van der Waals surface area contributed by atoms with Crippen LogP contribution in [-0.2, 0) is 22.6 Å². The Hall–Kier alpha value is -1.12. The Bertz CT molecular complexity index is 531. The van der Waals surface area contributed by atoms with E-state index in [1.54, 1.807) is 0 Å². The average molecular weight is 459 g/mol. The van der Waals surface area contributed by atoms with Gasteiger partial charge in [-0.15, -0.1) is 30.6 Å². The standard InChI is InChI=1S/C19H29N3O2.HI/c1-3-10-21-19(20-4-2)22-14-16-6-5-7-17(13-16)15-24-18-8-11-23-12-9-18;/h3,5-7,13,18H,1,4,8-12,14-15H2,2H3,(H2,20,21,22);1H. The highest BCUT2D eigenvalue weighted by Gasteiger charge is 2.13. The Labute approximate surface area is 168 Å². The van der Waals surface area contributed by atoms with Crippen LogP contribution in [0.15, 0.2) is 41.9 Å². The van der Waals surface area contributed by atoms with Gasteiger partial charge in [-0.05, 0) is 30.9 Å². The molecule has 1 aliphatic heterocycles. The number of nitrogens with one attached hydrogen (secondary N) is 2. The number of hydrogen-bond acceptors (Lipinski definition) is 3. The molecule has 25 heavy (non-hydrogen) atoms. The molecule has 0 radical (unpaired) electrons. The molecule has 1 fully saturated rings. The molecule has 1 saturated heterocycles. The van der Waals surface area contributed by atoms with Crippen LogP contribution in [0.1, 0.15) is 30.9 Å². The molecule has 0 atom stereocenters. The van der Waals surface area contributed by atoms with Crippen LogP contribution in [0.2, 0.25) is 0 Å². The van der Waals surface area contributed by atoms with Crippen molar-refractivity contribution in [2.24, 2.45) is 4.99 Å². The highest BCUT2D eigenvalue weighted by Crippen LogP contribution is 2.14. The number of rotatable bonds is 8. The van der Waals surface area contributed by atoms with Crippen LogP contribution in [-0.4, -0.2) is 38.4 Å². The van der Waals surface area contributed by atoms with Crippen LogP contribution in [0.25, 0.3) is 0 Å². The fraction of sp³-hybridized carbons (Fsp3) is 0.526. The number of hydrogen-bond donors (Lipinski definition) is 2. The lowest BCUT2D eigenvalue weighted by atomic mass is 10.1. The predicted molar refractivity (Wildman–Crippen MR) is 114 cm³/mol. The molecule has 1 heterocycles. The fourth-order valence-electron chi connectivity index (χ4n) is 2.56. The molecule has 2 N–H and O–H groups in total. The summed E-state index contributed by atoms with van der Waals surface area (Å²) in [7, 11) is 0. The van der Waals surface area contributed by atoms with Gasteiger partial charge in [0.05, 0.1) is 19.3 Å². The summed E-state index contributed by atoms with van der Waals surface area (Å²) < 4.78 is 11.3. The molecule has 0 aliphatic carbocycles. The Kier molecular flexibility index (Phi) is 11.5. The van der Waals surface area contributed by atoms with Gasteiger partial charge in [0, 0.05) is 26.3 Å². The van der Waals surface area contributed by atoms with Gasteiger partial charge in [0.2, 0.25) is 0 Å². The van der Waals surface area contributed by atoms with Gasteiger partial charge in [-0.1, -0.05) is 30.3 Å². The lowest BCUT2D eigenvalue weighted by molar-refractivity contribution is -0.0390. The minimum atomic E-state index is 0. The van der Waals surface area contributed by atoms with E-state index in [0.717, 1.165) is 38.6 Å². The third kappa shape index (κ3) is 8.69. The molecule has 0 saturated carbocycles. The first-order valence-electron chi connectivity index (χ1n) is 8.72. The molecule has 0 bridgehead atoms. The van der Waals surface area contributed by atoms with E-state index in [4.69, 9.17) is 9.47 Å². The van der Waals surface area contributed by atoms with Crippen molar-refractivity contribution in [3.8, 4) is 0 Å². The highest BCUT2D eigenvalue weighted by atomic mass is 127. The van der Waals surface area contributed by atoms with Gasteiger partial charge in [-0.3, -0.25) is 0 Å². The van der Waals surface area contributed by atoms with Crippen LogP contribution < -0.4 is 10.6 Å². The van der Waals surface area contributed by atoms with Gasteiger partial charge >= 0.3 is 0 Å². The third-order valence-electron chi connectivity index (χ3n) is 3.82. The minimum absolute atomic E-state index is 0. The summed E-state index contributed by atoms with van der Waals surface area (Å²) in [6.45, 7) is 10.2. The fourth-order valence-corrected chi connectivity index (χ4v) is 2.56. The van der Waals surface area contributed by atoms with E-state index in [0.29, 0.717) is 25.8 Å². The third-order valence-corrected chi connectivity index (χ3v) is 3.82. The molecular formula is C19H30IN3O2. The molecule has 0 amide bonds. The molecule has 2 rings (SSSR count). The van der Waals surface area contributed by atoms with E-state index in [2.05, 4.69) is 53.4 Å². The summed E-state index contributed by atoms with van der Waals surface area (Å²) in [5, 5.41) is 6.43. The smallest absolute Gasteiger partial charge is 0.191 e. The molecule has 0 unspecified atom stereocenters. The lowest BCUT2D eigenvalue weighted by Gasteiger charge is -2.22. The van der Waals surface area contributed by atoms with E-state index in [1.807, 2.05) is 6.08 Å². The van der Waals surface area contributed by atoms with Crippen molar-refractivity contribution in [3.63, 3.8) is 0 Å². The molecule has 1 aliphatic rings. The van der Waals surface area contributed by atoms with E-state index < -0.39 is 0 Å². The quantitative estimate of drug-likeness (QED) is 0.271. The molecular weight excluding hydrogens is 429 g/mol. The van der Waals surface area contributed by atoms with Crippen LogP contribution >= 0.6 is 24.0 Å². The molecule has 0 spiro atoms. The zero-order valence-electron chi connectivity index (χ0n) is 15.0. The number of benzene rings is 1. The molecule has 140 valence electrons. The maximum absolute atomic E-state index is 5.99. The summed E-state index contributed by atoms with van der Waals surface area (Å²) in [6.07, 6.45) is 4.13. The van der Waals surface area contributed by atoms with Crippen molar-refractivity contribution in [2.75, 3.05) is 26.3 Å². The predicted octanol–water partition coefficient (Wildman–Crippen LogP) is 3.24. The second-order valence-electron chi connectivity index (χ2n) is 5.81. The Morgan fingerprint density at radius 3 is 2.80 bits per heavy atom. The number of halogens is 1.